The number of pyridine rings is 2. The number of fused-ring (bicyclic) bond motifs is 4. The molecule has 0 atom stereocenters. The summed E-state index contributed by atoms with van der Waals surface area (Å²) in [7, 11) is 0. The standard InChI is InChI=1S/C32H30N4O2/c1-5-13-27-23(9-1)31(24-10-2-6-14-28(24)35-27)33-17-19-37-21-22-38-20-18-34-32-25-11-3-7-15-29(25)36-30-16-8-4-12-26(30)32/h1-16H,17-22H2,(H,33,35)(H,34,36). The molecule has 6 nitrogen and oxygen atoms in total. The predicted octanol–water partition coefficient (Wildman–Crippen LogP) is 6.65. The van der Waals surface area contributed by atoms with Crippen molar-refractivity contribution in [2.24, 2.45) is 0 Å². The van der Waals surface area contributed by atoms with E-state index in [9.17, 15) is 0 Å². The van der Waals surface area contributed by atoms with Crippen molar-refractivity contribution in [3.63, 3.8) is 0 Å². The van der Waals surface area contributed by atoms with Crippen molar-refractivity contribution in [3.8, 4) is 0 Å². The lowest BCUT2D eigenvalue weighted by Gasteiger charge is -2.14. The lowest BCUT2D eigenvalue weighted by molar-refractivity contribution is 0.0557. The summed E-state index contributed by atoms with van der Waals surface area (Å²) in [6.07, 6.45) is 0. The number of nitrogens with zero attached hydrogens (tertiary/aromatic N) is 2. The van der Waals surface area contributed by atoms with Gasteiger partial charge in [0.2, 0.25) is 0 Å². The molecule has 0 bridgehead atoms. The van der Waals surface area contributed by atoms with E-state index in [0.29, 0.717) is 39.5 Å². The monoisotopic (exact) mass is 502 g/mol. The van der Waals surface area contributed by atoms with Crippen LogP contribution < -0.4 is 10.6 Å². The summed E-state index contributed by atoms with van der Waals surface area (Å²) in [4.78, 5) is 9.57. The Hall–Kier alpha value is -4.26. The maximum absolute atomic E-state index is 5.83. The average molecular weight is 503 g/mol. The SMILES string of the molecule is c1ccc2c(NCCOCCOCCNc3c4ccccc4nc4ccccc34)c3ccccc3nc2c1. The molecule has 0 aliphatic heterocycles. The van der Waals surface area contributed by atoms with Crippen molar-refractivity contribution in [1.29, 1.82) is 0 Å². The van der Waals surface area contributed by atoms with Gasteiger partial charge in [-0.15, -0.1) is 0 Å². The van der Waals surface area contributed by atoms with E-state index in [4.69, 9.17) is 19.4 Å². The summed E-state index contributed by atoms with van der Waals surface area (Å²) < 4.78 is 11.7. The molecule has 0 aliphatic rings. The maximum atomic E-state index is 5.83. The van der Waals surface area contributed by atoms with Gasteiger partial charge in [0.1, 0.15) is 0 Å². The maximum Gasteiger partial charge on any atom is 0.0730 e. The first-order valence-corrected chi connectivity index (χ1v) is 13.1. The minimum atomic E-state index is 0.556. The van der Waals surface area contributed by atoms with Gasteiger partial charge < -0.3 is 20.1 Å². The first-order chi connectivity index (χ1) is 18.9. The predicted molar refractivity (Wildman–Crippen MR) is 157 cm³/mol. The van der Waals surface area contributed by atoms with Crippen LogP contribution in [0.15, 0.2) is 97.1 Å². The Morgan fingerprint density at radius 1 is 0.421 bits per heavy atom. The molecule has 4 aromatic carbocycles. The van der Waals surface area contributed by atoms with Crippen molar-refractivity contribution >= 4 is 55.0 Å². The highest BCUT2D eigenvalue weighted by atomic mass is 16.5. The van der Waals surface area contributed by atoms with Crippen LogP contribution in [0.3, 0.4) is 0 Å². The molecular weight excluding hydrogens is 472 g/mol. The molecule has 0 spiro atoms. The molecule has 0 fully saturated rings. The molecule has 38 heavy (non-hydrogen) atoms. The Morgan fingerprint density at radius 3 is 1.08 bits per heavy atom. The lowest BCUT2D eigenvalue weighted by atomic mass is 10.1. The van der Waals surface area contributed by atoms with E-state index in [1.54, 1.807) is 0 Å². The summed E-state index contributed by atoms with van der Waals surface area (Å²) in [5.74, 6) is 0. The van der Waals surface area contributed by atoms with Crippen molar-refractivity contribution in [2.75, 3.05) is 50.2 Å². The van der Waals surface area contributed by atoms with Gasteiger partial charge in [0.15, 0.2) is 0 Å². The fourth-order valence-electron chi connectivity index (χ4n) is 4.88. The summed E-state index contributed by atoms with van der Waals surface area (Å²) in [5, 5.41) is 11.6. The molecular formula is C32H30N4O2. The van der Waals surface area contributed by atoms with E-state index < -0.39 is 0 Å². The first kappa shape index (κ1) is 24.1. The van der Waals surface area contributed by atoms with E-state index in [1.807, 2.05) is 48.5 Å². The van der Waals surface area contributed by atoms with Crippen LogP contribution >= 0.6 is 0 Å². The fraction of sp³-hybridized carbons (Fsp3) is 0.188. The van der Waals surface area contributed by atoms with Gasteiger partial charge in [0.25, 0.3) is 0 Å². The molecule has 190 valence electrons. The fourth-order valence-corrected chi connectivity index (χ4v) is 4.88. The summed E-state index contributed by atoms with van der Waals surface area (Å²) >= 11 is 0. The zero-order valence-electron chi connectivity index (χ0n) is 21.2. The van der Waals surface area contributed by atoms with Crippen LogP contribution in [0.25, 0.3) is 43.6 Å². The van der Waals surface area contributed by atoms with Gasteiger partial charge in [-0.05, 0) is 24.3 Å². The quantitative estimate of drug-likeness (QED) is 0.153. The molecule has 0 saturated heterocycles. The molecule has 6 aromatic rings. The molecule has 0 amide bonds. The largest absolute Gasteiger partial charge is 0.382 e. The van der Waals surface area contributed by atoms with Crippen LogP contribution in [0.5, 0.6) is 0 Å². The van der Waals surface area contributed by atoms with Gasteiger partial charge in [-0.1, -0.05) is 72.8 Å². The second-order valence-corrected chi connectivity index (χ2v) is 9.12. The normalized spacial score (nSPS) is 11.5. The van der Waals surface area contributed by atoms with Crippen molar-refractivity contribution in [1.82, 2.24) is 9.97 Å². The van der Waals surface area contributed by atoms with Crippen LogP contribution in [0.1, 0.15) is 0 Å². The number of benzene rings is 4. The minimum Gasteiger partial charge on any atom is -0.382 e. The zero-order chi connectivity index (χ0) is 25.6. The van der Waals surface area contributed by atoms with Gasteiger partial charge >= 0.3 is 0 Å². The third-order valence-electron chi connectivity index (χ3n) is 6.64. The zero-order valence-corrected chi connectivity index (χ0v) is 21.2. The molecule has 6 heteroatoms. The molecule has 0 unspecified atom stereocenters. The van der Waals surface area contributed by atoms with Gasteiger partial charge in [-0.3, -0.25) is 0 Å². The summed E-state index contributed by atoms with van der Waals surface area (Å²) in [6, 6.07) is 32.9. The molecule has 0 saturated carbocycles. The average Bonchev–Trinajstić information content (AvgIpc) is 2.97. The van der Waals surface area contributed by atoms with E-state index in [1.165, 1.54) is 0 Å². The van der Waals surface area contributed by atoms with Crippen molar-refractivity contribution < 1.29 is 9.47 Å². The van der Waals surface area contributed by atoms with E-state index in [2.05, 4.69) is 59.2 Å². The molecule has 2 N–H and O–H groups in total. The number of aromatic nitrogens is 2. The molecule has 0 radical (unpaired) electrons. The van der Waals surface area contributed by atoms with Crippen LogP contribution in [0.4, 0.5) is 11.4 Å². The van der Waals surface area contributed by atoms with E-state index >= 15 is 0 Å². The topological polar surface area (TPSA) is 68.3 Å². The number of hydrogen-bond donors (Lipinski definition) is 2. The van der Waals surface area contributed by atoms with Crippen molar-refractivity contribution in [3.05, 3.63) is 97.1 Å². The lowest BCUT2D eigenvalue weighted by Crippen LogP contribution is -2.15. The summed E-state index contributed by atoms with van der Waals surface area (Å²) in [5.41, 5.74) is 6.17. The summed E-state index contributed by atoms with van der Waals surface area (Å²) in [6.45, 7) is 3.73. The molecule has 2 aromatic heterocycles. The highest BCUT2D eigenvalue weighted by molar-refractivity contribution is 6.08. The van der Waals surface area contributed by atoms with E-state index in [0.717, 1.165) is 55.0 Å². The number of para-hydroxylation sites is 4. The van der Waals surface area contributed by atoms with Crippen molar-refractivity contribution in [2.45, 2.75) is 0 Å². The second-order valence-electron chi connectivity index (χ2n) is 9.12. The first-order valence-electron chi connectivity index (χ1n) is 13.1. The third kappa shape index (κ3) is 5.09. The van der Waals surface area contributed by atoms with Gasteiger partial charge in [0.05, 0.1) is 59.9 Å². The number of rotatable bonds is 11. The van der Waals surface area contributed by atoms with E-state index in [-0.39, 0.29) is 0 Å². The third-order valence-corrected chi connectivity index (χ3v) is 6.64. The Labute approximate surface area is 221 Å². The second kappa shape index (κ2) is 11.4. The van der Waals surface area contributed by atoms with Crippen LogP contribution in [-0.4, -0.2) is 49.5 Å². The minimum absolute atomic E-state index is 0.556. The van der Waals surface area contributed by atoms with Crippen LogP contribution in [0.2, 0.25) is 0 Å². The Bertz CT molecular complexity index is 1470. The molecule has 2 heterocycles. The molecule has 0 aliphatic carbocycles. The van der Waals surface area contributed by atoms with Gasteiger partial charge in [0, 0.05) is 34.6 Å². The highest BCUT2D eigenvalue weighted by Gasteiger charge is 2.09. The number of nitrogens with one attached hydrogen (secondary N) is 2. The van der Waals surface area contributed by atoms with Crippen LogP contribution in [-0.2, 0) is 9.47 Å². The highest BCUT2D eigenvalue weighted by Crippen LogP contribution is 2.31. The van der Waals surface area contributed by atoms with Gasteiger partial charge in [-0.25, -0.2) is 9.97 Å². The number of hydrogen-bond acceptors (Lipinski definition) is 6. The Kier molecular flexibility index (Phi) is 7.24. The Balaban J connectivity index is 0.964. The number of ether oxygens (including phenoxy) is 2. The smallest absolute Gasteiger partial charge is 0.0730 e. The molecule has 6 rings (SSSR count). The Morgan fingerprint density at radius 2 is 0.737 bits per heavy atom. The van der Waals surface area contributed by atoms with Crippen LogP contribution in [0, 0.1) is 0 Å². The van der Waals surface area contributed by atoms with Gasteiger partial charge in [-0.2, -0.15) is 0 Å². The number of anilines is 2.